The van der Waals surface area contributed by atoms with E-state index in [2.05, 4.69) is 24.1 Å². The Kier molecular flexibility index (Phi) is 5.73. The molecular weight excluding hydrogens is 200 g/mol. The average Bonchev–Trinajstić information content (AvgIpc) is 2.30. The second-order valence-electron chi connectivity index (χ2n) is 5.50. The molecule has 0 aliphatic carbocycles. The molecule has 16 heavy (non-hydrogen) atoms. The zero-order valence-corrected chi connectivity index (χ0v) is 11.1. The van der Waals surface area contributed by atoms with Crippen molar-refractivity contribution in [1.82, 2.24) is 10.2 Å². The standard InChI is InChI=1S/C13H28N2O/c1-4-13(2,10-14-3)11-15-8-6-5-7-12(15)9-16/h12,14,16H,4-11H2,1-3H3. The third-order valence-electron chi connectivity index (χ3n) is 4.00. The fourth-order valence-electron chi connectivity index (χ4n) is 2.68. The lowest BCUT2D eigenvalue weighted by Crippen LogP contribution is -2.49. The number of hydrogen-bond acceptors (Lipinski definition) is 3. The number of hydrogen-bond donors (Lipinski definition) is 2. The zero-order chi connectivity index (χ0) is 12.0. The van der Waals surface area contributed by atoms with Gasteiger partial charge < -0.3 is 10.4 Å². The first-order valence-corrected chi connectivity index (χ1v) is 6.64. The molecule has 0 aromatic rings. The molecule has 96 valence electrons. The summed E-state index contributed by atoms with van der Waals surface area (Å²) in [4.78, 5) is 2.49. The van der Waals surface area contributed by atoms with Crippen LogP contribution in [0.3, 0.4) is 0 Å². The molecule has 1 aliphatic rings. The van der Waals surface area contributed by atoms with Crippen LogP contribution in [0.1, 0.15) is 39.5 Å². The maximum absolute atomic E-state index is 9.40. The largest absolute Gasteiger partial charge is 0.395 e. The van der Waals surface area contributed by atoms with Gasteiger partial charge in [-0.3, -0.25) is 4.90 Å². The summed E-state index contributed by atoms with van der Waals surface area (Å²) < 4.78 is 0. The van der Waals surface area contributed by atoms with Crippen molar-refractivity contribution in [2.75, 3.05) is 33.3 Å². The SMILES string of the molecule is CCC(C)(CNC)CN1CCCCC1CO. The molecule has 0 aromatic heterocycles. The minimum absolute atomic E-state index is 0.319. The van der Waals surface area contributed by atoms with Crippen molar-refractivity contribution in [1.29, 1.82) is 0 Å². The van der Waals surface area contributed by atoms with Crippen LogP contribution in [-0.4, -0.2) is 49.3 Å². The van der Waals surface area contributed by atoms with Crippen LogP contribution in [0.15, 0.2) is 0 Å². The van der Waals surface area contributed by atoms with E-state index in [-0.39, 0.29) is 0 Å². The van der Waals surface area contributed by atoms with Crippen LogP contribution < -0.4 is 5.32 Å². The number of rotatable bonds is 6. The van der Waals surface area contributed by atoms with Crippen molar-refractivity contribution < 1.29 is 5.11 Å². The summed E-state index contributed by atoms with van der Waals surface area (Å²) in [5.74, 6) is 0. The van der Waals surface area contributed by atoms with E-state index in [1.54, 1.807) is 0 Å². The molecule has 1 aliphatic heterocycles. The minimum atomic E-state index is 0.319. The molecule has 3 nitrogen and oxygen atoms in total. The molecule has 1 heterocycles. The fourth-order valence-corrected chi connectivity index (χ4v) is 2.68. The van der Waals surface area contributed by atoms with Crippen LogP contribution in [0.25, 0.3) is 0 Å². The highest BCUT2D eigenvalue weighted by atomic mass is 16.3. The molecule has 0 aromatic carbocycles. The van der Waals surface area contributed by atoms with Gasteiger partial charge in [0.15, 0.2) is 0 Å². The van der Waals surface area contributed by atoms with E-state index < -0.39 is 0 Å². The quantitative estimate of drug-likeness (QED) is 0.722. The Morgan fingerprint density at radius 2 is 2.19 bits per heavy atom. The van der Waals surface area contributed by atoms with Gasteiger partial charge in [-0.15, -0.1) is 0 Å². The average molecular weight is 228 g/mol. The van der Waals surface area contributed by atoms with E-state index in [1.165, 1.54) is 19.3 Å². The second-order valence-corrected chi connectivity index (χ2v) is 5.50. The Bertz CT molecular complexity index is 198. The predicted molar refractivity (Wildman–Crippen MR) is 68.6 cm³/mol. The normalized spacial score (nSPS) is 26.6. The summed E-state index contributed by atoms with van der Waals surface area (Å²) in [7, 11) is 2.02. The Labute approximate surface area is 100 Å². The Morgan fingerprint density at radius 3 is 2.75 bits per heavy atom. The summed E-state index contributed by atoms with van der Waals surface area (Å²) in [5, 5.41) is 12.7. The number of nitrogens with zero attached hydrogens (tertiary/aromatic N) is 1. The van der Waals surface area contributed by atoms with Crippen LogP contribution >= 0.6 is 0 Å². The number of aliphatic hydroxyl groups excluding tert-OH is 1. The van der Waals surface area contributed by atoms with Gasteiger partial charge in [0.1, 0.15) is 0 Å². The first-order chi connectivity index (χ1) is 7.65. The van der Waals surface area contributed by atoms with Crippen LogP contribution in [0, 0.1) is 5.41 Å². The molecule has 0 bridgehead atoms. The smallest absolute Gasteiger partial charge is 0.0586 e. The Hall–Kier alpha value is -0.120. The molecular formula is C13H28N2O. The van der Waals surface area contributed by atoms with Gasteiger partial charge in [0.2, 0.25) is 0 Å². The Balaban J connectivity index is 2.54. The van der Waals surface area contributed by atoms with Gasteiger partial charge in [0.25, 0.3) is 0 Å². The van der Waals surface area contributed by atoms with Crippen LogP contribution in [0.4, 0.5) is 0 Å². The van der Waals surface area contributed by atoms with E-state index in [0.717, 1.165) is 26.1 Å². The summed E-state index contributed by atoms with van der Waals surface area (Å²) in [5.41, 5.74) is 0.333. The molecule has 2 N–H and O–H groups in total. The second kappa shape index (κ2) is 6.58. The van der Waals surface area contributed by atoms with E-state index in [1.807, 2.05) is 7.05 Å². The lowest BCUT2D eigenvalue weighted by molar-refractivity contribution is 0.0516. The molecule has 0 saturated carbocycles. The van der Waals surface area contributed by atoms with E-state index in [9.17, 15) is 5.11 Å². The molecule has 2 atom stereocenters. The van der Waals surface area contributed by atoms with Gasteiger partial charge in [0, 0.05) is 19.1 Å². The van der Waals surface area contributed by atoms with Crippen LogP contribution in [0.5, 0.6) is 0 Å². The molecule has 0 spiro atoms. The van der Waals surface area contributed by atoms with Crippen molar-refractivity contribution in [2.45, 2.75) is 45.6 Å². The summed E-state index contributed by atoms with van der Waals surface area (Å²) in [6.07, 6.45) is 4.91. The Morgan fingerprint density at radius 1 is 1.44 bits per heavy atom. The maximum atomic E-state index is 9.40. The maximum Gasteiger partial charge on any atom is 0.0586 e. The first kappa shape index (κ1) is 13.9. The lowest BCUT2D eigenvalue weighted by atomic mass is 9.85. The number of aliphatic hydroxyl groups is 1. The van der Waals surface area contributed by atoms with Crippen molar-refractivity contribution in [3.05, 3.63) is 0 Å². The lowest BCUT2D eigenvalue weighted by Gasteiger charge is -2.41. The highest BCUT2D eigenvalue weighted by Gasteiger charge is 2.29. The highest BCUT2D eigenvalue weighted by Crippen LogP contribution is 2.26. The monoisotopic (exact) mass is 228 g/mol. The molecule has 1 rings (SSSR count). The minimum Gasteiger partial charge on any atom is -0.395 e. The summed E-state index contributed by atoms with van der Waals surface area (Å²) >= 11 is 0. The van der Waals surface area contributed by atoms with Gasteiger partial charge in [-0.2, -0.15) is 0 Å². The summed E-state index contributed by atoms with van der Waals surface area (Å²) in [6, 6.07) is 0.400. The van der Waals surface area contributed by atoms with Crippen molar-refractivity contribution in [3.8, 4) is 0 Å². The molecule has 1 saturated heterocycles. The summed E-state index contributed by atoms with van der Waals surface area (Å²) in [6.45, 7) is 8.24. The van der Waals surface area contributed by atoms with Crippen LogP contribution in [-0.2, 0) is 0 Å². The molecule has 1 fully saturated rings. The van der Waals surface area contributed by atoms with E-state index in [4.69, 9.17) is 0 Å². The van der Waals surface area contributed by atoms with Gasteiger partial charge >= 0.3 is 0 Å². The van der Waals surface area contributed by atoms with Gasteiger partial charge in [-0.05, 0) is 38.3 Å². The topological polar surface area (TPSA) is 35.5 Å². The first-order valence-electron chi connectivity index (χ1n) is 6.64. The predicted octanol–water partition coefficient (Wildman–Crippen LogP) is 1.47. The van der Waals surface area contributed by atoms with Gasteiger partial charge in [-0.25, -0.2) is 0 Å². The number of piperidine rings is 1. The van der Waals surface area contributed by atoms with Crippen LogP contribution in [0.2, 0.25) is 0 Å². The third-order valence-corrected chi connectivity index (χ3v) is 4.00. The van der Waals surface area contributed by atoms with Crippen molar-refractivity contribution in [2.24, 2.45) is 5.41 Å². The number of nitrogens with one attached hydrogen (secondary N) is 1. The van der Waals surface area contributed by atoms with Crippen molar-refractivity contribution in [3.63, 3.8) is 0 Å². The van der Waals surface area contributed by atoms with Crippen molar-refractivity contribution >= 4 is 0 Å². The highest BCUT2D eigenvalue weighted by molar-refractivity contribution is 4.84. The van der Waals surface area contributed by atoms with E-state index >= 15 is 0 Å². The molecule has 0 radical (unpaired) electrons. The van der Waals surface area contributed by atoms with E-state index in [0.29, 0.717) is 18.1 Å². The third kappa shape index (κ3) is 3.72. The number of likely N-dealkylation sites (tertiary alicyclic amines) is 1. The molecule has 2 unspecified atom stereocenters. The fraction of sp³-hybridized carbons (Fsp3) is 1.00. The molecule has 0 amide bonds. The van der Waals surface area contributed by atoms with Gasteiger partial charge in [-0.1, -0.05) is 20.3 Å². The molecule has 3 heteroatoms. The zero-order valence-electron chi connectivity index (χ0n) is 11.1. The van der Waals surface area contributed by atoms with Gasteiger partial charge in [0.05, 0.1) is 6.61 Å².